The molecule has 140 valence electrons. The lowest BCUT2D eigenvalue weighted by Gasteiger charge is -2.26. The standard InChI is InChI=1S/C14H13N7O6/c22-20(23)9-3-1-8(2-4-9)16-17-10-5-11(12-6-26-13(10)27-12)19-7-15-14(18-19)21(24)25/h1-4,7,11-13,16H,5-6H2/b17-10+/t11-,12+,13-/m1/s1. The molecule has 4 rings (SSSR count). The molecule has 0 radical (unpaired) electrons. The van der Waals surface area contributed by atoms with Crippen LogP contribution in [0.4, 0.5) is 17.3 Å². The number of hydrazone groups is 1. The zero-order chi connectivity index (χ0) is 19.0. The van der Waals surface area contributed by atoms with Crippen LogP contribution in [0.25, 0.3) is 0 Å². The molecule has 2 aliphatic rings. The number of nitrogens with zero attached hydrogens (tertiary/aromatic N) is 6. The molecule has 3 heterocycles. The van der Waals surface area contributed by atoms with Crippen molar-refractivity contribution in [3.05, 3.63) is 50.8 Å². The number of hydrogen-bond donors (Lipinski definition) is 1. The summed E-state index contributed by atoms with van der Waals surface area (Å²) < 4.78 is 12.7. The number of aromatic nitrogens is 3. The van der Waals surface area contributed by atoms with Gasteiger partial charge in [0.15, 0.2) is 6.29 Å². The maximum Gasteiger partial charge on any atom is 0.490 e. The molecule has 0 saturated carbocycles. The van der Waals surface area contributed by atoms with Crippen LogP contribution < -0.4 is 5.43 Å². The fourth-order valence-electron chi connectivity index (χ4n) is 2.90. The average Bonchev–Trinajstić information content (AvgIpc) is 3.30. The summed E-state index contributed by atoms with van der Waals surface area (Å²) in [5.41, 5.74) is 3.89. The highest BCUT2D eigenvalue weighted by Gasteiger charge is 2.44. The van der Waals surface area contributed by atoms with E-state index in [0.717, 1.165) is 0 Å². The van der Waals surface area contributed by atoms with E-state index in [4.69, 9.17) is 9.47 Å². The van der Waals surface area contributed by atoms with Crippen molar-refractivity contribution >= 4 is 23.0 Å². The van der Waals surface area contributed by atoms with Crippen LogP contribution in [0.15, 0.2) is 35.7 Å². The average molecular weight is 375 g/mol. The third-order valence-electron chi connectivity index (χ3n) is 4.24. The summed E-state index contributed by atoms with van der Waals surface area (Å²) in [6.07, 6.45) is 0.757. The third-order valence-corrected chi connectivity index (χ3v) is 4.24. The predicted molar refractivity (Wildman–Crippen MR) is 89.1 cm³/mol. The minimum atomic E-state index is -0.667. The van der Waals surface area contributed by atoms with Gasteiger partial charge >= 0.3 is 5.95 Å². The van der Waals surface area contributed by atoms with E-state index < -0.39 is 22.1 Å². The molecule has 2 aliphatic heterocycles. The third kappa shape index (κ3) is 3.32. The molecule has 0 spiro atoms. The van der Waals surface area contributed by atoms with Gasteiger partial charge in [-0.1, -0.05) is 4.98 Å². The Bertz CT molecular complexity index is 911. The zero-order valence-corrected chi connectivity index (χ0v) is 13.7. The summed E-state index contributed by atoms with van der Waals surface area (Å²) in [5, 5.41) is 29.6. The van der Waals surface area contributed by atoms with Gasteiger partial charge < -0.3 is 19.6 Å². The lowest BCUT2D eigenvalue weighted by Crippen LogP contribution is -2.37. The van der Waals surface area contributed by atoms with Crippen LogP contribution in [-0.4, -0.2) is 49.3 Å². The minimum absolute atomic E-state index is 0.0241. The van der Waals surface area contributed by atoms with E-state index in [1.165, 1.54) is 35.3 Å². The van der Waals surface area contributed by atoms with Crippen molar-refractivity contribution < 1.29 is 19.3 Å². The van der Waals surface area contributed by atoms with Crippen LogP contribution in [-0.2, 0) is 9.47 Å². The normalized spacial score (nSPS) is 25.5. The van der Waals surface area contributed by atoms with Gasteiger partial charge in [0, 0.05) is 23.7 Å². The van der Waals surface area contributed by atoms with Gasteiger partial charge in [-0.3, -0.25) is 15.5 Å². The van der Waals surface area contributed by atoms with Crippen molar-refractivity contribution in [3.63, 3.8) is 0 Å². The fourth-order valence-corrected chi connectivity index (χ4v) is 2.90. The number of hydrogen-bond acceptors (Lipinski definition) is 10. The van der Waals surface area contributed by atoms with Crippen molar-refractivity contribution in [2.45, 2.75) is 24.9 Å². The SMILES string of the molecule is O=[N+]([O-])c1ccc(N/N=C2\C[C@@H](n3cnc([N+](=O)[O-])n3)[C@@H]3CO[C@@H]2O3)cc1. The van der Waals surface area contributed by atoms with Gasteiger partial charge in [0.25, 0.3) is 5.69 Å². The summed E-state index contributed by atoms with van der Waals surface area (Å²) in [6, 6.07) is 5.44. The Balaban J connectivity index is 1.51. The first-order chi connectivity index (χ1) is 13.0. The van der Waals surface area contributed by atoms with Crippen molar-refractivity contribution in [3.8, 4) is 0 Å². The van der Waals surface area contributed by atoms with Gasteiger partial charge in [-0.25, -0.2) is 0 Å². The number of nitrogens with one attached hydrogen (secondary N) is 1. The maximum absolute atomic E-state index is 10.8. The van der Waals surface area contributed by atoms with Gasteiger partial charge in [0.2, 0.25) is 6.33 Å². The number of ether oxygens (including phenoxy) is 2. The smallest absolute Gasteiger partial charge is 0.390 e. The van der Waals surface area contributed by atoms with Crippen molar-refractivity contribution in [2.75, 3.05) is 12.0 Å². The van der Waals surface area contributed by atoms with E-state index in [2.05, 4.69) is 20.6 Å². The summed E-state index contributed by atoms with van der Waals surface area (Å²) in [5.74, 6) is -0.487. The second-order valence-corrected chi connectivity index (χ2v) is 5.91. The number of nitro benzene ring substituents is 1. The highest BCUT2D eigenvalue weighted by atomic mass is 16.7. The molecule has 1 aromatic carbocycles. The molecule has 27 heavy (non-hydrogen) atoms. The summed E-state index contributed by atoms with van der Waals surface area (Å²) >= 11 is 0. The van der Waals surface area contributed by atoms with Crippen LogP contribution >= 0.6 is 0 Å². The summed E-state index contributed by atoms with van der Waals surface area (Å²) in [6.45, 7) is 0.305. The fraction of sp³-hybridized carbons (Fsp3) is 0.357. The second-order valence-electron chi connectivity index (χ2n) is 5.91. The molecule has 2 fully saturated rings. The predicted octanol–water partition coefficient (Wildman–Crippen LogP) is 1.25. The molecule has 2 saturated heterocycles. The van der Waals surface area contributed by atoms with Gasteiger partial charge in [0.1, 0.15) is 12.1 Å². The molecule has 0 amide bonds. The maximum atomic E-state index is 10.8. The van der Waals surface area contributed by atoms with Crippen molar-refractivity contribution in [1.82, 2.24) is 14.8 Å². The van der Waals surface area contributed by atoms with Crippen LogP contribution in [0.2, 0.25) is 0 Å². The van der Waals surface area contributed by atoms with Gasteiger partial charge in [-0.05, 0) is 17.1 Å². The minimum Gasteiger partial charge on any atom is -0.390 e. The first kappa shape index (κ1) is 17.0. The highest BCUT2D eigenvalue weighted by molar-refractivity contribution is 5.89. The Morgan fingerprint density at radius 1 is 1.22 bits per heavy atom. The van der Waals surface area contributed by atoms with E-state index >= 15 is 0 Å². The van der Waals surface area contributed by atoms with Gasteiger partial charge in [0.05, 0.1) is 22.9 Å². The number of fused-ring (bicyclic) bond motifs is 2. The molecular weight excluding hydrogens is 362 g/mol. The summed E-state index contributed by atoms with van der Waals surface area (Å²) in [7, 11) is 0. The lowest BCUT2D eigenvalue weighted by atomic mass is 10.0. The first-order valence-electron chi connectivity index (χ1n) is 7.91. The lowest BCUT2D eigenvalue weighted by molar-refractivity contribution is -0.394. The quantitative estimate of drug-likeness (QED) is 0.599. The van der Waals surface area contributed by atoms with Crippen molar-refractivity contribution in [1.29, 1.82) is 0 Å². The first-order valence-corrected chi connectivity index (χ1v) is 7.91. The highest BCUT2D eigenvalue weighted by Crippen LogP contribution is 2.33. The van der Waals surface area contributed by atoms with E-state index in [-0.39, 0.29) is 17.8 Å². The summed E-state index contributed by atoms with van der Waals surface area (Å²) in [4.78, 5) is 24.0. The molecule has 1 aromatic heterocycles. The van der Waals surface area contributed by atoms with Gasteiger partial charge in [-0.15, -0.1) is 0 Å². The van der Waals surface area contributed by atoms with Crippen LogP contribution in [0, 0.1) is 20.2 Å². The van der Waals surface area contributed by atoms with E-state index in [1.54, 1.807) is 0 Å². The molecule has 13 heteroatoms. The number of benzene rings is 1. The Morgan fingerprint density at radius 3 is 2.67 bits per heavy atom. The topological polar surface area (TPSA) is 160 Å². The van der Waals surface area contributed by atoms with Crippen LogP contribution in [0.1, 0.15) is 12.5 Å². The molecular formula is C14H13N7O6. The van der Waals surface area contributed by atoms with Crippen molar-refractivity contribution in [2.24, 2.45) is 5.10 Å². The van der Waals surface area contributed by atoms with E-state index in [1.807, 2.05) is 0 Å². The Hall–Kier alpha value is -3.45. The molecule has 0 unspecified atom stereocenters. The molecule has 1 N–H and O–H groups in total. The van der Waals surface area contributed by atoms with E-state index in [9.17, 15) is 20.2 Å². The number of anilines is 1. The van der Waals surface area contributed by atoms with Gasteiger partial charge in [-0.2, -0.15) is 9.78 Å². The monoisotopic (exact) mass is 375 g/mol. The second kappa shape index (κ2) is 6.69. The molecule has 0 aliphatic carbocycles. The number of nitro groups is 2. The number of rotatable bonds is 5. The van der Waals surface area contributed by atoms with E-state index in [0.29, 0.717) is 24.4 Å². The molecule has 3 atom stereocenters. The Morgan fingerprint density at radius 2 is 2.00 bits per heavy atom. The Kier molecular flexibility index (Phi) is 4.21. The molecule has 2 aromatic rings. The Labute approximate surface area is 150 Å². The molecule has 13 nitrogen and oxygen atoms in total. The van der Waals surface area contributed by atoms with Crippen LogP contribution in [0.5, 0.6) is 0 Å². The molecule has 2 bridgehead atoms. The largest absolute Gasteiger partial charge is 0.490 e. The van der Waals surface area contributed by atoms with Crippen LogP contribution in [0.3, 0.4) is 0 Å². The number of non-ortho nitro benzene ring substituents is 1. The zero-order valence-electron chi connectivity index (χ0n) is 13.7.